The Hall–Kier alpha value is -3.64. The Labute approximate surface area is 231 Å². The van der Waals surface area contributed by atoms with Crippen molar-refractivity contribution >= 4 is 23.0 Å². The second kappa shape index (κ2) is 11.0. The van der Waals surface area contributed by atoms with Gasteiger partial charge in [-0.15, -0.1) is 0 Å². The fraction of sp³-hybridized carbons (Fsp3) is 0.312. The van der Waals surface area contributed by atoms with Gasteiger partial charge in [-0.25, -0.2) is 0 Å². The standard InChI is InChI=1S/C32H37N5S/c1-21-18-22(2)30(23(3)19-21)37-24(4)20-27(25(37)5)31-29(28-14-9-10-15-34-28)35-32(38)36(31)17-11-16-33-26-12-7-6-8-13-26/h6-10,12-15,18-20,29,31,33H,11,16-17H2,1-5H3,(H,35,38)/t29-,31+/m0/s1. The molecule has 2 aromatic heterocycles. The molecule has 0 aliphatic carbocycles. The SMILES string of the molecule is Cc1cc(C)c(-n2c(C)cc([C@@H]3[C@H](c4ccccn4)NC(=S)N3CCCNc3ccccc3)c2C)c(C)c1. The third-order valence-electron chi connectivity index (χ3n) is 7.52. The van der Waals surface area contributed by atoms with Gasteiger partial charge in [0, 0.05) is 36.4 Å². The first kappa shape index (κ1) is 26.0. The van der Waals surface area contributed by atoms with Crippen molar-refractivity contribution in [2.24, 2.45) is 0 Å². The topological polar surface area (TPSA) is 45.1 Å². The van der Waals surface area contributed by atoms with E-state index in [-0.39, 0.29) is 12.1 Å². The van der Waals surface area contributed by atoms with E-state index >= 15 is 0 Å². The molecule has 5 rings (SSSR count). The van der Waals surface area contributed by atoms with E-state index in [2.05, 4.69) is 109 Å². The zero-order chi connectivity index (χ0) is 26.8. The van der Waals surface area contributed by atoms with Crippen LogP contribution in [0.25, 0.3) is 5.69 Å². The van der Waals surface area contributed by atoms with Gasteiger partial charge in [-0.3, -0.25) is 4.98 Å². The molecule has 3 heterocycles. The summed E-state index contributed by atoms with van der Waals surface area (Å²) in [6, 6.07) is 23.4. The Morgan fingerprint density at radius 2 is 1.63 bits per heavy atom. The van der Waals surface area contributed by atoms with Crippen molar-refractivity contribution in [1.82, 2.24) is 19.8 Å². The highest BCUT2D eigenvalue weighted by atomic mass is 32.1. The molecule has 0 radical (unpaired) electrons. The summed E-state index contributed by atoms with van der Waals surface area (Å²) in [5.74, 6) is 0. The van der Waals surface area contributed by atoms with Crippen LogP contribution < -0.4 is 10.6 Å². The van der Waals surface area contributed by atoms with Crippen LogP contribution in [0.2, 0.25) is 0 Å². The van der Waals surface area contributed by atoms with E-state index < -0.39 is 0 Å². The van der Waals surface area contributed by atoms with Gasteiger partial charge in [-0.2, -0.15) is 0 Å². The first-order valence-corrected chi connectivity index (χ1v) is 13.8. The Morgan fingerprint density at radius 1 is 0.921 bits per heavy atom. The second-order valence-corrected chi connectivity index (χ2v) is 10.8. The van der Waals surface area contributed by atoms with Crippen LogP contribution in [0.3, 0.4) is 0 Å². The zero-order valence-corrected chi connectivity index (χ0v) is 23.8. The van der Waals surface area contributed by atoms with Crippen molar-refractivity contribution in [3.8, 4) is 5.69 Å². The van der Waals surface area contributed by atoms with Crippen molar-refractivity contribution in [2.75, 3.05) is 18.4 Å². The fourth-order valence-corrected chi connectivity index (χ4v) is 6.31. The molecule has 196 valence electrons. The van der Waals surface area contributed by atoms with Gasteiger partial charge >= 0.3 is 0 Å². The lowest BCUT2D eigenvalue weighted by Gasteiger charge is -2.28. The maximum atomic E-state index is 5.93. The van der Waals surface area contributed by atoms with Crippen LogP contribution in [0.5, 0.6) is 0 Å². The minimum Gasteiger partial charge on any atom is -0.385 e. The molecule has 1 aliphatic heterocycles. The second-order valence-electron chi connectivity index (χ2n) is 10.4. The molecule has 0 amide bonds. The van der Waals surface area contributed by atoms with Crippen molar-refractivity contribution in [3.63, 3.8) is 0 Å². The average molecular weight is 524 g/mol. The van der Waals surface area contributed by atoms with Crippen LogP contribution in [0.4, 0.5) is 5.69 Å². The normalized spacial score (nSPS) is 17.1. The summed E-state index contributed by atoms with van der Waals surface area (Å²) in [4.78, 5) is 7.09. The van der Waals surface area contributed by atoms with Gasteiger partial charge < -0.3 is 20.1 Å². The van der Waals surface area contributed by atoms with E-state index in [1.54, 1.807) is 0 Å². The number of benzene rings is 2. The van der Waals surface area contributed by atoms with Crippen LogP contribution in [-0.2, 0) is 0 Å². The highest BCUT2D eigenvalue weighted by Crippen LogP contribution is 2.42. The number of aryl methyl sites for hydroxylation is 4. The largest absolute Gasteiger partial charge is 0.385 e. The number of hydrogen-bond donors (Lipinski definition) is 2. The van der Waals surface area contributed by atoms with E-state index in [9.17, 15) is 0 Å². The monoisotopic (exact) mass is 523 g/mol. The van der Waals surface area contributed by atoms with Crippen molar-refractivity contribution in [2.45, 2.75) is 53.1 Å². The number of thiocarbonyl (C=S) groups is 1. The number of aromatic nitrogens is 2. The maximum Gasteiger partial charge on any atom is 0.170 e. The first-order valence-electron chi connectivity index (χ1n) is 13.4. The predicted octanol–water partition coefficient (Wildman–Crippen LogP) is 6.89. The maximum absolute atomic E-state index is 5.93. The lowest BCUT2D eigenvalue weighted by atomic mass is 9.96. The smallest absolute Gasteiger partial charge is 0.170 e. The van der Waals surface area contributed by atoms with Gasteiger partial charge in [-0.1, -0.05) is 42.0 Å². The third kappa shape index (κ3) is 5.05. The van der Waals surface area contributed by atoms with Gasteiger partial charge in [0.25, 0.3) is 0 Å². The molecule has 0 unspecified atom stereocenters. The van der Waals surface area contributed by atoms with Gasteiger partial charge in [0.1, 0.15) is 0 Å². The Bertz CT molecular complexity index is 1400. The fourth-order valence-electron chi connectivity index (χ4n) is 5.98. The van der Waals surface area contributed by atoms with Gasteiger partial charge in [0.05, 0.1) is 23.5 Å². The van der Waals surface area contributed by atoms with Crippen molar-refractivity contribution in [3.05, 3.63) is 112 Å². The third-order valence-corrected chi connectivity index (χ3v) is 7.88. The number of anilines is 1. The van der Waals surface area contributed by atoms with Crippen LogP contribution in [-0.4, -0.2) is 32.7 Å². The Balaban J connectivity index is 1.49. The van der Waals surface area contributed by atoms with Crippen LogP contribution in [0, 0.1) is 34.6 Å². The van der Waals surface area contributed by atoms with E-state index in [1.807, 2.05) is 18.3 Å². The van der Waals surface area contributed by atoms with E-state index in [1.165, 1.54) is 39.3 Å². The molecule has 6 heteroatoms. The van der Waals surface area contributed by atoms with Gasteiger partial charge in [-0.05, 0) is 100 Å². The number of nitrogens with one attached hydrogen (secondary N) is 2. The molecule has 1 saturated heterocycles. The van der Waals surface area contributed by atoms with E-state index in [4.69, 9.17) is 17.2 Å². The van der Waals surface area contributed by atoms with E-state index in [0.29, 0.717) is 0 Å². The zero-order valence-electron chi connectivity index (χ0n) is 23.0. The molecule has 0 spiro atoms. The number of rotatable bonds is 8. The summed E-state index contributed by atoms with van der Waals surface area (Å²) in [7, 11) is 0. The Kier molecular flexibility index (Phi) is 7.52. The molecular formula is C32H37N5S. The molecule has 4 aromatic rings. The molecule has 2 N–H and O–H groups in total. The van der Waals surface area contributed by atoms with Crippen molar-refractivity contribution in [1.29, 1.82) is 0 Å². The lowest BCUT2D eigenvalue weighted by Crippen LogP contribution is -2.31. The van der Waals surface area contributed by atoms with E-state index in [0.717, 1.165) is 36.0 Å². The summed E-state index contributed by atoms with van der Waals surface area (Å²) >= 11 is 5.93. The summed E-state index contributed by atoms with van der Waals surface area (Å²) in [6.07, 6.45) is 2.84. The number of hydrogen-bond acceptors (Lipinski definition) is 3. The predicted molar refractivity (Wildman–Crippen MR) is 161 cm³/mol. The molecule has 0 bridgehead atoms. The van der Waals surface area contributed by atoms with Crippen LogP contribution >= 0.6 is 12.2 Å². The summed E-state index contributed by atoms with van der Waals surface area (Å²) in [6.45, 7) is 12.8. The number of pyridine rings is 1. The lowest BCUT2D eigenvalue weighted by molar-refractivity contribution is 0.315. The van der Waals surface area contributed by atoms with Crippen molar-refractivity contribution < 1.29 is 0 Å². The first-order chi connectivity index (χ1) is 18.3. The minimum absolute atomic E-state index is 0.0139. The highest BCUT2D eigenvalue weighted by Gasteiger charge is 2.41. The number of nitrogens with zero attached hydrogens (tertiary/aromatic N) is 3. The summed E-state index contributed by atoms with van der Waals surface area (Å²) < 4.78 is 2.42. The molecule has 1 aliphatic rings. The van der Waals surface area contributed by atoms with Gasteiger partial charge in [0.15, 0.2) is 5.11 Å². The number of para-hydroxylation sites is 1. The van der Waals surface area contributed by atoms with Crippen LogP contribution in [0.1, 0.15) is 57.8 Å². The quantitative estimate of drug-likeness (QED) is 0.195. The molecule has 2 aromatic carbocycles. The summed E-state index contributed by atoms with van der Waals surface area (Å²) in [5, 5.41) is 7.95. The molecule has 2 atom stereocenters. The Morgan fingerprint density at radius 3 is 2.32 bits per heavy atom. The molecule has 1 fully saturated rings. The summed E-state index contributed by atoms with van der Waals surface area (Å²) in [5.41, 5.74) is 11.1. The average Bonchev–Trinajstić information content (AvgIpc) is 3.37. The molecule has 5 nitrogen and oxygen atoms in total. The van der Waals surface area contributed by atoms with Gasteiger partial charge in [0.2, 0.25) is 0 Å². The molecule has 0 saturated carbocycles. The molecular weight excluding hydrogens is 486 g/mol. The minimum atomic E-state index is -0.0139. The van der Waals surface area contributed by atoms with Crippen LogP contribution in [0.15, 0.2) is 72.9 Å². The highest BCUT2D eigenvalue weighted by molar-refractivity contribution is 7.80. The molecule has 38 heavy (non-hydrogen) atoms.